The van der Waals surface area contributed by atoms with Gasteiger partial charge in [-0.15, -0.1) is 0 Å². The van der Waals surface area contributed by atoms with E-state index in [0.717, 1.165) is 15.5 Å². The third-order valence-corrected chi connectivity index (χ3v) is 5.47. The Hall–Kier alpha value is -2.02. The molecule has 5 nitrogen and oxygen atoms in total. The normalized spacial score (nSPS) is 10.8. The van der Waals surface area contributed by atoms with Gasteiger partial charge in [-0.2, -0.15) is 0 Å². The number of benzene rings is 2. The topological polar surface area (TPSA) is 52.7 Å². The maximum absolute atomic E-state index is 12.5. The maximum Gasteiger partial charge on any atom is 0.238 e. The highest BCUT2D eigenvalue weighted by Gasteiger charge is 2.15. The van der Waals surface area contributed by atoms with Crippen molar-refractivity contribution in [2.24, 2.45) is 0 Å². The standard InChI is InChI=1S/C21H26ClN3O2S/c1-4-25(5-2)21(27)15-24(3)14-20(26)23-18-8-6-7-9-19(18)28-17-12-10-16(22)11-13-17/h6-13H,4-5,14-15H2,1-3H3,(H,23,26). The molecule has 0 bridgehead atoms. The maximum atomic E-state index is 12.5. The van der Waals surface area contributed by atoms with Gasteiger partial charge in [0.1, 0.15) is 0 Å². The fraction of sp³-hybridized carbons (Fsp3) is 0.333. The Balaban J connectivity index is 1.96. The number of likely N-dealkylation sites (N-methyl/N-ethyl adjacent to an activating group) is 2. The van der Waals surface area contributed by atoms with E-state index in [4.69, 9.17) is 11.6 Å². The van der Waals surface area contributed by atoms with Crippen molar-refractivity contribution in [1.82, 2.24) is 9.80 Å². The lowest BCUT2D eigenvalue weighted by Gasteiger charge is -2.22. The van der Waals surface area contributed by atoms with Crippen molar-refractivity contribution in [3.05, 3.63) is 53.6 Å². The first-order valence-corrected chi connectivity index (χ1v) is 10.4. The first-order chi connectivity index (χ1) is 13.4. The minimum absolute atomic E-state index is 0.0268. The molecule has 0 aliphatic heterocycles. The zero-order chi connectivity index (χ0) is 20.5. The van der Waals surface area contributed by atoms with Gasteiger partial charge in [-0.05, 0) is 57.3 Å². The molecular formula is C21H26ClN3O2S. The zero-order valence-electron chi connectivity index (χ0n) is 16.4. The quantitative estimate of drug-likeness (QED) is 0.660. The molecule has 0 aliphatic rings. The van der Waals surface area contributed by atoms with Crippen molar-refractivity contribution in [1.29, 1.82) is 0 Å². The molecule has 2 aromatic rings. The third kappa shape index (κ3) is 6.86. The van der Waals surface area contributed by atoms with Crippen LogP contribution in [0.3, 0.4) is 0 Å². The van der Waals surface area contributed by atoms with Gasteiger partial charge >= 0.3 is 0 Å². The van der Waals surface area contributed by atoms with Gasteiger partial charge in [0.2, 0.25) is 11.8 Å². The largest absolute Gasteiger partial charge is 0.342 e. The minimum atomic E-state index is -0.154. The van der Waals surface area contributed by atoms with E-state index >= 15 is 0 Å². The van der Waals surface area contributed by atoms with Gasteiger partial charge in [-0.3, -0.25) is 14.5 Å². The number of rotatable bonds is 9. The number of hydrogen-bond donors (Lipinski definition) is 1. The Morgan fingerprint density at radius 1 is 1.00 bits per heavy atom. The van der Waals surface area contributed by atoms with Gasteiger partial charge in [0, 0.05) is 27.9 Å². The molecule has 0 aromatic heterocycles. The lowest BCUT2D eigenvalue weighted by atomic mass is 10.3. The van der Waals surface area contributed by atoms with Gasteiger partial charge < -0.3 is 10.2 Å². The summed E-state index contributed by atoms with van der Waals surface area (Å²) in [6.07, 6.45) is 0. The molecule has 7 heteroatoms. The second-order valence-electron chi connectivity index (χ2n) is 6.34. The molecule has 150 valence electrons. The van der Waals surface area contributed by atoms with E-state index in [-0.39, 0.29) is 24.9 Å². The summed E-state index contributed by atoms with van der Waals surface area (Å²) < 4.78 is 0. The minimum Gasteiger partial charge on any atom is -0.342 e. The number of nitrogens with zero attached hydrogens (tertiary/aromatic N) is 2. The Morgan fingerprint density at radius 3 is 2.29 bits per heavy atom. The van der Waals surface area contributed by atoms with Crippen LogP contribution in [-0.4, -0.2) is 54.8 Å². The Morgan fingerprint density at radius 2 is 1.64 bits per heavy atom. The third-order valence-electron chi connectivity index (χ3n) is 4.14. The van der Waals surface area contributed by atoms with Gasteiger partial charge in [0.25, 0.3) is 0 Å². The summed E-state index contributed by atoms with van der Waals surface area (Å²) in [5.41, 5.74) is 0.746. The fourth-order valence-corrected chi connectivity index (χ4v) is 3.71. The molecule has 0 atom stereocenters. The molecule has 28 heavy (non-hydrogen) atoms. The number of carbonyl (C=O) groups excluding carboxylic acids is 2. The van der Waals surface area contributed by atoms with Gasteiger partial charge in [0.05, 0.1) is 18.8 Å². The second-order valence-corrected chi connectivity index (χ2v) is 7.89. The van der Waals surface area contributed by atoms with Crippen molar-refractivity contribution in [3.63, 3.8) is 0 Å². The van der Waals surface area contributed by atoms with E-state index in [0.29, 0.717) is 18.1 Å². The SMILES string of the molecule is CCN(CC)C(=O)CN(C)CC(=O)Nc1ccccc1Sc1ccc(Cl)cc1. The van der Waals surface area contributed by atoms with E-state index in [1.54, 1.807) is 28.6 Å². The molecule has 1 N–H and O–H groups in total. The average Bonchev–Trinajstić information content (AvgIpc) is 2.66. The van der Waals surface area contributed by atoms with Crippen LogP contribution >= 0.6 is 23.4 Å². The number of hydrogen-bond acceptors (Lipinski definition) is 4. The van der Waals surface area contributed by atoms with Crippen molar-refractivity contribution < 1.29 is 9.59 Å². The zero-order valence-corrected chi connectivity index (χ0v) is 18.0. The lowest BCUT2D eigenvalue weighted by Crippen LogP contribution is -2.41. The number of carbonyl (C=O) groups is 2. The Labute approximate surface area is 176 Å². The highest BCUT2D eigenvalue weighted by atomic mass is 35.5. The predicted octanol–water partition coefficient (Wildman–Crippen LogP) is 4.23. The number of halogens is 1. The molecule has 0 aliphatic carbocycles. The highest BCUT2D eigenvalue weighted by Crippen LogP contribution is 2.33. The molecule has 0 radical (unpaired) electrons. The molecule has 2 aromatic carbocycles. The average molecular weight is 420 g/mol. The van der Waals surface area contributed by atoms with Crippen LogP contribution in [0, 0.1) is 0 Å². The number of nitrogens with one attached hydrogen (secondary N) is 1. The van der Waals surface area contributed by atoms with Crippen molar-refractivity contribution in [2.75, 3.05) is 38.5 Å². The summed E-state index contributed by atoms with van der Waals surface area (Å²) in [7, 11) is 1.77. The summed E-state index contributed by atoms with van der Waals surface area (Å²) in [5.74, 6) is -0.127. The summed E-state index contributed by atoms with van der Waals surface area (Å²) in [5, 5.41) is 3.64. The summed E-state index contributed by atoms with van der Waals surface area (Å²) in [4.78, 5) is 30.1. The molecule has 0 fully saturated rings. The lowest BCUT2D eigenvalue weighted by molar-refractivity contribution is -0.132. The molecule has 0 unspecified atom stereocenters. The predicted molar refractivity (Wildman–Crippen MR) is 116 cm³/mol. The smallest absolute Gasteiger partial charge is 0.238 e. The van der Waals surface area contributed by atoms with Crippen LogP contribution in [0.1, 0.15) is 13.8 Å². The Bertz CT molecular complexity index is 794. The highest BCUT2D eigenvalue weighted by molar-refractivity contribution is 7.99. The molecule has 0 saturated carbocycles. The fourth-order valence-electron chi connectivity index (χ4n) is 2.69. The van der Waals surface area contributed by atoms with Gasteiger partial charge in [0.15, 0.2) is 0 Å². The molecule has 2 rings (SSSR count). The summed E-state index contributed by atoms with van der Waals surface area (Å²) in [6.45, 7) is 5.60. The molecular weight excluding hydrogens is 394 g/mol. The second kappa shape index (κ2) is 11.1. The van der Waals surface area contributed by atoms with Crippen LogP contribution in [0.25, 0.3) is 0 Å². The van der Waals surface area contributed by atoms with Gasteiger partial charge in [-0.1, -0.05) is 35.5 Å². The summed E-state index contributed by atoms with van der Waals surface area (Å²) >= 11 is 7.50. The molecule has 0 heterocycles. The van der Waals surface area contributed by atoms with Crippen LogP contribution < -0.4 is 5.32 Å². The molecule has 0 spiro atoms. The monoisotopic (exact) mass is 419 g/mol. The van der Waals surface area contributed by atoms with Crippen molar-refractivity contribution >= 4 is 40.9 Å². The number of para-hydroxylation sites is 1. The van der Waals surface area contributed by atoms with E-state index in [1.165, 1.54) is 0 Å². The van der Waals surface area contributed by atoms with E-state index in [1.807, 2.05) is 62.4 Å². The van der Waals surface area contributed by atoms with E-state index < -0.39 is 0 Å². The van der Waals surface area contributed by atoms with Crippen LogP contribution in [0.5, 0.6) is 0 Å². The molecule has 0 saturated heterocycles. The van der Waals surface area contributed by atoms with Crippen LogP contribution in [0.2, 0.25) is 5.02 Å². The first-order valence-electron chi connectivity index (χ1n) is 9.21. The van der Waals surface area contributed by atoms with Crippen LogP contribution in [0.15, 0.2) is 58.3 Å². The number of anilines is 1. The summed E-state index contributed by atoms with van der Waals surface area (Å²) in [6, 6.07) is 15.2. The van der Waals surface area contributed by atoms with Crippen LogP contribution in [0.4, 0.5) is 5.69 Å². The van der Waals surface area contributed by atoms with Gasteiger partial charge in [-0.25, -0.2) is 0 Å². The van der Waals surface area contributed by atoms with Crippen molar-refractivity contribution in [3.8, 4) is 0 Å². The number of amides is 2. The van der Waals surface area contributed by atoms with E-state index in [2.05, 4.69) is 5.32 Å². The first kappa shape index (κ1) is 22.3. The van der Waals surface area contributed by atoms with E-state index in [9.17, 15) is 9.59 Å². The Kier molecular flexibility index (Phi) is 8.83. The van der Waals surface area contributed by atoms with Crippen molar-refractivity contribution in [2.45, 2.75) is 23.6 Å². The van der Waals surface area contributed by atoms with Crippen LogP contribution in [-0.2, 0) is 9.59 Å². The molecule has 2 amide bonds.